The Kier molecular flexibility index (Phi) is 4.71. The molecule has 4 N–H and O–H groups in total. The highest BCUT2D eigenvalue weighted by Crippen LogP contribution is 2.03. The molecule has 1 atom stereocenters. The minimum Gasteiger partial charge on any atom is -0.464 e. The molecular weight excluding hydrogens is 222 g/mol. The van der Waals surface area contributed by atoms with Crippen molar-refractivity contribution in [1.29, 1.82) is 0 Å². The number of hydrogen-bond acceptors (Lipinski definition) is 4. The maximum Gasteiger partial charge on any atom is 0.354 e. The van der Waals surface area contributed by atoms with Crippen LogP contribution in [-0.2, 0) is 16.1 Å². The van der Waals surface area contributed by atoms with Gasteiger partial charge in [-0.25, -0.2) is 4.79 Å². The Hall–Kier alpha value is -1.82. The number of H-pyrrole nitrogens is 1. The topological polar surface area (TPSA) is 97.2 Å². The van der Waals surface area contributed by atoms with E-state index < -0.39 is 5.97 Å². The van der Waals surface area contributed by atoms with Gasteiger partial charge in [0.25, 0.3) is 0 Å². The van der Waals surface area contributed by atoms with Crippen LogP contribution in [0.2, 0.25) is 0 Å². The van der Waals surface area contributed by atoms with Crippen LogP contribution in [0.1, 0.15) is 29.5 Å². The minimum atomic E-state index is -0.401. The van der Waals surface area contributed by atoms with E-state index >= 15 is 0 Å². The number of methoxy groups -OCH3 is 1. The summed E-state index contributed by atoms with van der Waals surface area (Å²) in [6.07, 6.45) is 0.282. The van der Waals surface area contributed by atoms with Crippen LogP contribution in [0.15, 0.2) is 12.1 Å². The first kappa shape index (κ1) is 13.2. The maximum atomic E-state index is 11.2. The zero-order valence-electron chi connectivity index (χ0n) is 9.95. The molecule has 6 nitrogen and oxygen atoms in total. The Morgan fingerprint density at radius 1 is 1.53 bits per heavy atom. The van der Waals surface area contributed by atoms with E-state index in [4.69, 9.17) is 5.73 Å². The first-order valence-electron chi connectivity index (χ1n) is 5.30. The predicted octanol–water partition coefficient (Wildman–Crippen LogP) is 0.155. The highest BCUT2D eigenvalue weighted by Gasteiger charge is 2.09. The van der Waals surface area contributed by atoms with Gasteiger partial charge in [-0.15, -0.1) is 0 Å². The molecule has 94 valence electrons. The van der Waals surface area contributed by atoms with Crippen molar-refractivity contribution < 1.29 is 14.3 Å². The Morgan fingerprint density at radius 2 is 2.24 bits per heavy atom. The molecule has 0 aliphatic carbocycles. The van der Waals surface area contributed by atoms with Gasteiger partial charge in [0, 0.05) is 24.7 Å². The standard InChI is InChI=1S/C11H17N3O3/c1-7(5-10(12)15)13-6-8-3-4-9(14-8)11(16)17-2/h3-4,7,13-14H,5-6H2,1-2H3,(H2,12,15). The summed E-state index contributed by atoms with van der Waals surface area (Å²) in [6, 6.07) is 3.44. The maximum absolute atomic E-state index is 11.2. The Bertz CT molecular complexity index is 400. The van der Waals surface area contributed by atoms with E-state index in [1.54, 1.807) is 12.1 Å². The molecule has 1 rings (SSSR count). The van der Waals surface area contributed by atoms with E-state index in [9.17, 15) is 9.59 Å². The summed E-state index contributed by atoms with van der Waals surface area (Å²) in [5.74, 6) is -0.742. The fourth-order valence-corrected chi connectivity index (χ4v) is 1.43. The molecule has 0 radical (unpaired) electrons. The molecular formula is C11H17N3O3. The third kappa shape index (κ3) is 4.28. The van der Waals surface area contributed by atoms with E-state index in [1.165, 1.54) is 7.11 Å². The molecule has 0 fully saturated rings. The third-order valence-electron chi connectivity index (χ3n) is 2.30. The van der Waals surface area contributed by atoms with Gasteiger partial charge < -0.3 is 20.8 Å². The van der Waals surface area contributed by atoms with Crippen molar-refractivity contribution in [1.82, 2.24) is 10.3 Å². The van der Waals surface area contributed by atoms with Crippen LogP contribution >= 0.6 is 0 Å². The van der Waals surface area contributed by atoms with Crippen molar-refractivity contribution in [2.75, 3.05) is 7.11 Å². The third-order valence-corrected chi connectivity index (χ3v) is 2.30. The number of nitrogens with two attached hydrogens (primary N) is 1. The molecule has 1 aromatic heterocycles. The largest absolute Gasteiger partial charge is 0.464 e. The number of primary amides is 1. The number of carbonyl (C=O) groups is 2. The summed E-state index contributed by atoms with van der Waals surface area (Å²) >= 11 is 0. The summed E-state index contributed by atoms with van der Waals surface area (Å²) in [7, 11) is 1.33. The normalized spacial score (nSPS) is 12.1. The number of amides is 1. The van der Waals surface area contributed by atoms with Gasteiger partial charge in [-0.05, 0) is 19.1 Å². The Morgan fingerprint density at radius 3 is 2.82 bits per heavy atom. The molecule has 0 aliphatic heterocycles. The fraction of sp³-hybridized carbons (Fsp3) is 0.455. The van der Waals surface area contributed by atoms with Crippen molar-refractivity contribution in [3.05, 3.63) is 23.5 Å². The number of esters is 1. The van der Waals surface area contributed by atoms with Crippen LogP contribution in [0.3, 0.4) is 0 Å². The molecule has 1 unspecified atom stereocenters. The number of aromatic amines is 1. The van der Waals surface area contributed by atoms with Crippen LogP contribution in [0.5, 0.6) is 0 Å². The second kappa shape index (κ2) is 6.05. The van der Waals surface area contributed by atoms with Gasteiger partial charge in [-0.2, -0.15) is 0 Å². The van der Waals surface area contributed by atoms with Gasteiger partial charge >= 0.3 is 5.97 Å². The van der Waals surface area contributed by atoms with Gasteiger partial charge in [0.05, 0.1) is 7.11 Å². The smallest absolute Gasteiger partial charge is 0.354 e. The van der Waals surface area contributed by atoms with E-state index in [0.717, 1.165) is 5.69 Å². The first-order chi connectivity index (χ1) is 8.02. The van der Waals surface area contributed by atoms with Crippen molar-refractivity contribution in [2.24, 2.45) is 5.73 Å². The number of hydrogen-bond donors (Lipinski definition) is 3. The van der Waals surface area contributed by atoms with Crippen LogP contribution < -0.4 is 11.1 Å². The van der Waals surface area contributed by atoms with E-state index in [0.29, 0.717) is 12.2 Å². The zero-order chi connectivity index (χ0) is 12.8. The molecule has 1 aromatic rings. The van der Waals surface area contributed by atoms with Crippen molar-refractivity contribution in [3.8, 4) is 0 Å². The SMILES string of the molecule is COC(=O)c1ccc(CNC(C)CC(N)=O)[nH]1. The summed E-state index contributed by atoms with van der Waals surface area (Å²) in [6.45, 7) is 2.40. The molecule has 0 saturated heterocycles. The first-order valence-corrected chi connectivity index (χ1v) is 5.30. The Labute approximate surface area is 99.5 Å². The molecule has 0 aliphatic rings. The van der Waals surface area contributed by atoms with E-state index in [-0.39, 0.29) is 18.4 Å². The number of rotatable bonds is 6. The van der Waals surface area contributed by atoms with Crippen LogP contribution in [0, 0.1) is 0 Å². The van der Waals surface area contributed by atoms with Gasteiger partial charge in [0.2, 0.25) is 5.91 Å². The van der Waals surface area contributed by atoms with Crippen molar-refractivity contribution >= 4 is 11.9 Å². The summed E-state index contributed by atoms with van der Waals surface area (Å²) in [5, 5.41) is 3.12. The quantitative estimate of drug-likeness (QED) is 0.616. The monoisotopic (exact) mass is 239 g/mol. The van der Waals surface area contributed by atoms with E-state index in [2.05, 4.69) is 15.0 Å². The number of nitrogens with one attached hydrogen (secondary N) is 2. The predicted molar refractivity (Wildman–Crippen MR) is 62.2 cm³/mol. The second-order valence-corrected chi connectivity index (χ2v) is 3.84. The summed E-state index contributed by atoms with van der Waals surface area (Å²) in [5.41, 5.74) is 6.33. The average Bonchev–Trinajstić information content (AvgIpc) is 2.73. The lowest BCUT2D eigenvalue weighted by atomic mass is 10.2. The molecule has 17 heavy (non-hydrogen) atoms. The highest BCUT2D eigenvalue weighted by molar-refractivity contribution is 5.87. The van der Waals surface area contributed by atoms with Gasteiger partial charge in [-0.3, -0.25) is 4.79 Å². The average molecular weight is 239 g/mol. The van der Waals surface area contributed by atoms with Gasteiger partial charge in [0.1, 0.15) is 5.69 Å². The summed E-state index contributed by atoms with van der Waals surface area (Å²) < 4.78 is 4.58. The number of ether oxygens (including phenoxy) is 1. The molecule has 0 saturated carbocycles. The highest BCUT2D eigenvalue weighted by atomic mass is 16.5. The molecule has 1 amide bonds. The van der Waals surface area contributed by atoms with Gasteiger partial charge in [0.15, 0.2) is 0 Å². The lowest BCUT2D eigenvalue weighted by Crippen LogP contribution is -2.30. The second-order valence-electron chi connectivity index (χ2n) is 3.84. The number of aromatic nitrogens is 1. The molecule has 0 aromatic carbocycles. The molecule has 0 spiro atoms. The van der Waals surface area contributed by atoms with Crippen LogP contribution in [0.25, 0.3) is 0 Å². The van der Waals surface area contributed by atoms with Gasteiger partial charge in [-0.1, -0.05) is 0 Å². The lowest BCUT2D eigenvalue weighted by molar-refractivity contribution is -0.118. The van der Waals surface area contributed by atoms with E-state index in [1.807, 2.05) is 6.92 Å². The summed E-state index contributed by atoms with van der Waals surface area (Å²) in [4.78, 5) is 24.8. The van der Waals surface area contributed by atoms with Crippen molar-refractivity contribution in [3.63, 3.8) is 0 Å². The van der Waals surface area contributed by atoms with Crippen LogP contribution in [0.4, 0.5) is 0 Å². The fourth-order valence-electron chi connectivity index (χ4n) is 1.43. The molecule has 1 heterocycles. The zero-order valence-corrected chi connectivity index (χ0v) is 9.95. The van der Waals surface area contributed by atoms with Crippen LogP contribution in [-0.4, -0.2) is 30.0 Å². The van der Waals surface area contributed by atoms with Crippen molar-refractivity contribution in [2.45, 2.75) is 25.9 Å². The minimum absolute atomic E-state index is 0.00243. The number of carbonyl (C=O) groups excluding carboxylic acids is 2. The lowest BCUT2D eigenvalue weighted by Gasteiger charge is -2.10. The Balaban J connectivity index is 2.44. The molecule has 0 bridgehead atoms. The molecule has 6 heteroatoms.